The number of benzene rings is 2. The third kappa shape index (κ3) is 5.71. The molecule has 2 aromatic rings. The third-order valence-corrected chi connectivity index (χ3v) is 4.87. The van der Waals surface area contributed by atoms with Crippen molar-refractivity contribution in [2.75, 3.05) is 29.9 Å². The molecule has 0 aromatic heterocycles. The first kappa shape index (κ1) is 19.7. The second kappa shape index (κ2) is 9.74. The van der Waals surface area contributed by atoms with Crippen LogP contribution in [0.25, 0.3) is 5.57 Å². The number of allylic oxidation sites excluding steroid dienone is 1. The van der Waals surface area contributed by atoms with E-state index in [1.54, 1.807) is 0 Å². The van der Waals surface area contributed by atoms with E-state index in [0.29, 0.717) is 0 Å². The second-order valence-electron chi connectivity index (χ2n) is 7.05. The van der Waals surface area contributed by atoms with Crippen molar-refractivity contribution in [1.82, 2.24) is 5.32 Å². The van der Waals surface area contributed by atoms with Crippen LogP contribution in [0.1, 0.15) is 31.7 Å². The zero-order valence-corrected chi connectivity index (χ0v) is 16.3. The average molecular weight is 377 g/mol. The molecule has 5 nitrogen and oxygen atoms in total. The molecule has 1 fully saturated rings. The van der Waals surface area contributed by atoms with Crippen LogP contribution < -0.4 is 15.5 Å². The van der Waals surface area contributed by atoms with E-state index >= 15 is 0 Å². The summed E-state index contributed by atoms with van der Waals surface area (Å²) in [5.41, 5.74) is 3.76. The molecule has 0 radical (unpaired) electrons. The van der Waals surface area contributed by atoms with Crippen molar-refractivity contribution >= 4 is 28.8 Å². The number of hydrogen-bond acceptors (Lipinski definition) is 3. The maximum absolute atomic E-state index is 12.1. The number of carbonyl (C=O) groups is 2. The van der Waals surface area contributed by atoms with E-state index in [1.807, 2.05) is 61.5 Å². The lowest BCUT2D eigenvalue weighted by Gasteiger charge is -2.28. The Labute approximate surface area is 166 Å². The Morgan fingerprint density at radius 1 is 0.964 bits per heavy atom. The maximum atomic E-state index is 12.1. The lowest BCUT2D eigenvalue weighted by Crippen LogP contribution is -2.32. The monoisotopic (exact) mass is 377 g/mol. The maximum Gasteiger partial charge on any atom is 0.244 e. The molecule has 28 heavy (non-hydrogen) atoms. The van der Waals surface area contributed by atoms with Gasteiger partial charge in [-0.3, -0.25) is 9.59 Å². The zero-order chi connectivity index (χ0) is 19.8. The highest BCUT2D eigenvalue weighted by molar-refractivity contribution is 5.99. The van der Waals surface area contributed by atoms with Gasteiger partial charge in [-0.1, -0.05) is 30.3 Å². The van der Waals surface area contributed by atoms with Gasteiger partial charge in [0.1, 0.15) is 0 Å². The molecular weight excluding hydrogens is 350 g/mol. The van der Waals surface area contributed by atoms with Gasteiger partial charge in [0.25, 0.3) is 0 Å². The Bertz CT molecular complexity index is 823. The molecule has 0 spiro atoms. The van der Waals surface area contributed by atoms with Crippen molar-refractivity contribution < 1.29 is 9.59 Å². The van der Waals surface area contributed by atoms with Crippen LogP contribution in [0.4, 0.5) is 11.4 Å². The van der Waals surface area contributed by atoms with E-state index in [0.717, 1.165) is 29.9 Å². The van der Waals surface area contributed by atoms with E-state index in [9.17, 15) is 9.59 Å². The molecule has 2 amide bonds. The Morgan fingerprint density at radius 3 is 2.32 bits per heavy atom. The van der Waals surface area contributed by atoms with Crippen molar-refractivity contribution in [2.24, 2.45) is 0 Å². The number of hydrogen-bond donors (Lipinski definition) is 2. The summed E-state index contributed by atoms with van der Waals surface area (Å²) in [5.74, 6) is -0.526. The number of carbonyl (C=O) groups excluding carboxylic acids is 2. The topological polar surface area (TPSA) is 61.4 Å². The van der Waals surface area contributed by atoms with Crippen LogP contribution in [0, 0.1) is 0 Å². The van der Waals surface area contributed by atoms with Gasteiger partial charge in [0, 0.05) is 30.5 Å². The molecule has 3 rings (SSSR count). The summed E-state index contributed by atoms with van der Waals surface area (Å²) < 4.78 is 0. The first-order chi connectivity index (χ1) is 13.6. The minimum absolute atomic E-state index is 0.0642. The fourth-order valence-electron chi connectivity index (χ4n) is 3.31. The lowest BCUT2D eigenvalue weighted by molar-refractivity contribution is -0.121. The molecule has 0 atom stereocenters. The fraction of sp³-hybridized carbons (Fsp3) is 0.304. The van der Waals surface area contributed by atoms with Gasteiger partial charge in [-0.25, -0.2) is 0 Å². The van der Waals surface area contributed by atoms with E-state index in [2.05, 4.69) is 15.5 Å². The van der Waals surface area contributed by atoms with Crippen LogP contribution in [0.15, 0.2) is 60.7 Å². The van der Waals surface area contributed by atoms with Crippen LogP contribution in [0.2, 0.25) is 0 Å². The van der Waals surface area contributed by atoms with E-state index in [1.165, 1.54) is 31.0 Å². The number of rotatable bonds is 6. The molecule has 0 unspecified atom stereocenters. The third-order valence-electron chi connectivity index (χ3n) is 4.87. The molecule has 2 N–H and O–H groups in total. The molecule has 1 aliphatic heterocycles. The molecule has 1 heterocycles. The van der Waals surface area contributed by atoms with Crippen molar-refractivity contribution in [3.05, 3.63) is 66.2 Å². The summed E-state index contributed by atoms with van der Waals surface area (Å²) >= 11 is 0. The van der Waals surface area contributed by atoms with Gasteiger partial charge in [-0.15, -0.1) is 0 Å². The molecule has 1 aliphatic rings. The molecule has 2 aromatic carbocycles. The van der Waals surface area contributed by atoms with Gasteiger partial charge in [-0.2, -0.15) is 0 Å². The van der Waals surface area contributed by atoms with Gasteiger partial charge < -0.3 is 15.5 Å². The number of amides is 2. The van der Waals surface area contributed by atoms with E-state index < -0.39 is 0 Å². The number of nitrogens with one attached hydrogen (secondary N) is 2. The minimum atomic E-state index is -0.281. The highest BCUT2D eigenvalue weighted by Crippen LogP contribution is 2.21. The van der Waals surface area contributed by atoms with Gasteiger partial charge in [-0.05, 0) is 61.6 Å². The minimum Gasteiger partial charge on any atom is -0.372 e. The van der Waals surface area contributed by atoms with E-state index in [-0.39, 0.29) is 18.4 Å². The van der Waals surface area contributed by atoms with Gasteiger partial charge in [0.05, 0.1) is 6.54 Å². The fourth-order valence-corrected chi connectivity index (χ4v) is 3.31. The molecule has 146 valence electrons. The SMILES string of the molecule is C/C(=C\C(=O)NCC(=O)Nc1ccc(N2CCCCC2)cc1)c1ccccc1. The predicted molar refractivity (Wildman–Crippen MR) is 114 cm³/mol. The Balaban J connectivity index is 1.46. The zero-order valence-electron chi connectivity index (χ0n) is 16.3. The van der Waals surface area contributed by atoms with Crippen molar-refractivity contribution in [1.29, 1.82) is 0 Å². The largest absolute Gasteiger partial charge is 0.372 e. The summed E-state index contributed by atoms with van der Waals surface area (Å²) in [7, 11) is 0. The van der Waals surface area contributed by atoms with Gasteiger partial charge in [0.15, 0.2) is 0 Å². The van der Waals surface area contributed by atoms with Crippen molar-refractivity contribution in [2.45, 2.75) is 26.2 Å². The average Bonchev–Trinajstić information content (AvgIpc) is 2.74. The van der Waals surface area contributed by atoms with Crippen LogP contribution in [-0.4, -0.2) is 31.4 Å². The quantitative estimate of drug-likeness (QED) is 0.752. The lowest BCUT2D eigenvalue weighted by atomic mass is 10.1. The van der Waals surface area contributed by atoms with Crippen LogP contribution in [0.5, 0.6) is 0 Å². The molecule has 0 saturated carbocycles. The summed E-state index contributed by atoms with van der Waals surface area (Å²) in [6.07, 6.45) is 5.28. The van der Waals surface area contributed by atoms with Gasteiger partial charge >= 0.3 is 0 Å². The van der Waals surface area contributed by atoms with Crippen LogP contribution in [0.3, 0.4) is 0 Å². The van der Waals surface area contributed by atoms with Crippen LogP contribution in [-0.2, 0) is 9.59 Å². The number of piperidine rings is 1. The predicted octanol–water partition coefficient (Wildman–Crippen LogP) is 3.84. The molecule has 1 saturated heterocycles. The standard InChI is InChI=1S/C23H27N3O2/c1-18(19-8-4-2-5-9-19)16-22(27)24-17-23(28)25-20-10-12-21(13-11-20)26-14-6-3-7-15-26/h2,4-5,8-13,16H,3,6-7,14-15,17H2,1H3,(H,24,27)(H,25,28)/b18-16+. The van der Waals surface area contributed by atoms with Crippen LogP contribution >= 0.6 is 0 Å². The summed E-state index contributed by atoms with van der Waals surface area (Å²) in [6.45, 7) is 3.99. The highest BCUT2D eigenvalue weighted by Gasteiger charge is 2.11. The first-order valence-corrected chi connectivity index (χ1v) is 9.78. The smallest absolute Gasteiger partial charge is 0.244 e. The number of anilines is 2. The Morgan fingerprint density at radius 2 is 1.64 bits per heavy atom. The first-order valence-electron chi connectivity index (χ1n) is 9.78. The normalized spacial score (nSPS) is 14.5. The van der Waals surface area contributed by atoms with Gasteiger partial charge in [0.2, 0.25) is 11.8 Å². The number of nitrogens with zero attached hydrogens (tertiary/aromatic N) is 1. The summed E-state index contributed by atoms with van der Waals surface area (Å²) in [4.78, 5) is 26.5. The molecule has 5 heteroatoms. The van der Waals surface area contributed by atoms with Crippen molar-refractivity contribution in [3.63, 3.8) is 0 Å². The summed E-state index contributed by atoms with van der Waals surface area (Å²) in [6, 6.07) is 17.5. The van der Waals surface area contributed by atoms with Crippen molar-refractivity contribution in [3.8, 4) is 0 Å². The Hall–Kier alpha value is -3.08. The molecular formula is C23H27N3O2. The Kier molecular flexibility index (Phi) is 6.84. The summed E-state index contributed by atoms with van der Waals surface area (Å²) in [5, 5.41) is 5.45. The highest BCUT2D eigenvalue weighted by atomic mass is 16.2. The van der Waals surface area contributed by atoms with E-state index in [4.69, 9.17) is 0 Å². The molecule has 0 bridgehead atoms. The molecule has 0 aliphatic carbocycles. The second-order valence-corrected chi connectivity index (χ2v) is 7.05.